The molecule has 0 aliphatic carbocycles. The van der Waals surface area contributed by atoms with Crippen LogP contribution in [-0.2, 0) is 19.1 Å². The van der Waals surface area contributed by atoms with Gasteiger partial charge in [-0.1, -0.05) is 6.92 Å². The molecule has 0 bridgehead atoms. The van der Waals surface area contributed by atoms with Crippen molar-refractivity contribution in [2.75, 3.05) is 20.3 Å². The fourth-order valence-electron chi connectivity index (χ4n) is 1.95. The van der Waals surface area contributed by atoms with E-state index < -0.39 is 12.1 Å². The van der Waals surface area contributed by atoms with E-state index in [2.05, 4.69) is 5.32 Å². The number of methoxy groups -OCH3 is 1. The van der Waals surface area contributed by atoms with Gasteiger partial charge in [0.25, 0.3) is 0 Å². The zero-order valence-corrected chi connectivity index (χ0v) is 10.1. The second-order valence-corrected chi connectivity index (χ2v) is 4.02. The Hall–Kier alpha value is -1.14. The average molecular weight is 245 g/mol. The maximum atomic E-state index is 11.8. The van der Waals surface area contributed by atoms with E-state index in [0.29, 0.717) is 13.0 Å². The number of aliphatic carboxylic acids is 1. The van der Waals surface area contributed by atoms with Crippen LogP contribution in [0.4, 0.5) is 0 Å². The standard InChI is InChI=1S/C11H19NO5/c1-3-8-7(4-5-17-8)10(13)12-6-9(16-2)11(14)15/h7-9H,3-6H2,1-2H3,(H,12,13)(H,14,15). The third kappa shape index (κ3) is 3.67. The number of carbonyl (C=O) groups is 2. The summed E-state index contributed by atoms with van der Waals surface area (Å²) in [6.07, 6.45) is 0.418. The van der Waals surface area contributed by atoms with E-state index >= 15 is 0 Å². The smallest absolute Gasteiger partial charge is 0.334 e. The number of carbonyl (C=O) groups excluding carboxylic acids is 1. The molecule has 3 atom stereocenters. The monoisotopic (exact) mass is 245 g/mol. The predicted molar refractivity (Wildman–Crippen MR) is 59.6 cm³/mol. The van der Waals surface area contributed by atoms with Crippen molar-refractivity contribution >= 4 is 11.9 Å². The molecule has 2 N–H and O–H groups in total. The topological polar surface area (TPSA) is 84.9 Å². The minimum Gasteiger partial charge on any atom is -0.479 e. The number of hydrogen-bond acceptors (Lipinski definition) is 4. The summed E-state index contributed by atoms with van der Waals surface area (Å²) in [5.41, 5.74) is 0. The van der Waals surface area contributed by atoms with Crippen LogP contribution in [0.15, 0.2) is 0 Å². The molecule has 17 heavy (non-hydrogen) atoms. The maximum absolute atomic E-state index is 11.8. The number of hydrogen-bond donors (Lipinski definition) is 2. The molecule has 6 nitrogen and oxygen atoms in total. The highest BCUT2D eigenvalue weighted by Crippen LogP contribution is 2.23. The van der Waals surface area contributed by atoms with E-state index in [1.807, 2.05) is 6.92 Å². The molecule has 1 fully saturated rings. The summed E-state index contributed by atoms with van der Waals surface area (Å²) in [6, 6.07) is 0. The quantitative estimate of drug-likeness (QED) is 0.689. The van der Waals surface area contributed by atoms with Crippen LogP contribution in [0.25, 0.3) is 0 Å². The summed E-state index contributed by atoms with van der Waals surface area (Å²) in [4.78, 5) is 22.5. The second-order valence-electron chi connectivity index (χ2n) is 4.02. The van der Waals surface area contributed by atoms with Crippen molar-refractivity contribution in [1.29, 1.82) is 0 Å². The molecule has 1 aliphatic heterocycles. The van der Waals surface area contributed by atoms with Gasteiger partial charge in [0.15, 0.2) is 6.10 Å². The van der Waals surface area contributed by atoms with Gasteiger partial charge in [-0.3, -0.25) is 4.79 Å². The van der Waals surface area contributed by atoms with Gasteiger partial charge in [-0.2, -0.15) is 0 Å². The minimum absolute atomic E-state index is 0.0163. The molecule has 0 aromatic rings. The van der Waals surface area contributed by atoms with Crippen LogP contribution in [0.2, 0.25) is 0 Å². The number of carboxylic acids is 1. The Labute approximate surface area is 100 Å². The normalized spacial score (nSPS) is 25.5. The molecular weight excluding hydrogens is 226 g/mol. The Morgan fingerprint density at radius 2 is 2.29 bits per heavy atom. The van der Waals surface area contributed by atoms with Gasteiger partial charge in [0.2, 0.25) is 5.91 Å². The van der Waals surface area contributed by atoms with Crippen LogP contribution in [0.3, 0.4) is 0 Å². The number of amides is 1. The van der Waals surface area contributed by atoms with Crippen molar-refractivity contribution in [2.45, 2.75) is 32.0 Å². The SMILES string of the molecule is CCC1OCCC1C(=O)NCC(OC)C(=O)O. The molecule has 0 saturated carbocycles. The van der Waals surface area contributed by atoms with E-state index in [9.17, 15) is 9.59 Å². The fourth-order valence-corrected chi connectivity index (χ4v) is 1.95. The van der Waals surface area contributed by atoms with Crippen molar-refractivity contribution in [3.8, 4) is 0 Å². The van der Waals surface area contributed by atoms with E-state index in [1.54, 1.807) is 0 Å². The fraction of sp³-hybridized carbons (Fsp3) is 0.818. The Balaban J connectivity index is 2.41. The third-order valence-electron chi connectivity index (χ3n) is 2.97. The van der Waals surface area contributed by atoms with Gasteiger partial charge >= 0.3 is 5.97 Å². The van der Waals surface area contributed by atoms with Crippen molar-refractivity contribution in [2.24, 2.45) is 5.92 Å². The van der Waals surface area contributed by atoms with Gasteiger partial charge < -0.3 is 19.9 Å². The molecule has 0 aromatic carbocycles. The Bertz CT molecular complexity index is 281. The summed E-state index contributed by atoms with van der Waals surface area (Å²) in [7, 11) is 1.30. The highest BCUT2D eigenvalue weighted by molar-refractivity contribution is 5.80. The zero-order chi connectivity index (χ0) is 12.8. The Morgan fingerprint density at radius 3 is 2.82 bits per heavy atom. The minimum atomic E-state index is -1.08. The van der Waals surface area contributed by atoms with Crippen molar-refractivity contribution in [1.82, 2.24) is 5.32 Å². The van der Waals surface area contributed by atoms with Crippen molar-refractivity contribution in [3.63, 3.8) is 0 Å². The molecule has 1 rings (SSSR count). The molecular formula is C11H19NO5. The highest BCUT2D eigenvalue weighted by atomic mass is 16.5. The molecule has 6 heteroatoms. The maximum Gasteiger partial charge on any atom is 0.334 e. The lowest BCUT2D eigenvalue weighted by Crippen LogP contribution is -2.42. The largest absolute Gasteiger partial charge is 0.479 e. The number of nitrogens with one attached hydrogen (secondary N) is 1. The van der Waals surface area contributed by atoms with E-state index in [-0.39, 0.29) is 24.5 Å². The average Bonchev–Trinajstić information content (AvgIpc) is 2.77. The van der Waals surface area contributed by atoms with Crippen LogP contribution in [0.5, 0.6) is 0 Å². The lowest BCUT2D eigenvalue weighted by molar-refractivity contribution is -0.148. The van der Waals surface area contributed by atoms with Crippen LogP contribution < -0.4 is 5.32 Å². The number of ether oxygens (including phenoxy) is 2. The van der Waals surface area contributed by atoms with Crippen LogP contribution >= 0.6 is 0 Å². The van der Waals surface area contributed by atoms with Crippen molar-refractivity contribution in [3.05, 3.63) is 0 Å². The van der Waals surface area contributed by atoms with Gasteiger partial charge in [-0.25, -0.2) is 4.79 Å². The summed E-state index contributed by atoms with van der Waals surface area (Å²) < 4.78 is 10.1. The molecule has 0 spiro atoms. The highest BCUT2D eigenvalue weighted by Gasteiger charge is 2.33. The molecule has 3 unspecified atom stereocenters. The first-order valence-corrected chi connectivity index (χ1v) is 5.75. The van der Waals surface area contributed by atoms with Crippen molar-refractivity contribution < 1.29 is 24.2 Å². The Morgan fingerprint density at radius 1 is 1.59 bits per heavy atom. The molecule has 98 valence electrons. The van der Waals surface area contributed by atoms with Gasteiger partial charge in [0, 0.05) is 13.7 Å². The van der Waals surface area contributed by atoms with Gasteiger partial charge in [0.05, 0.1) is 18.6 Å². The summed E-state index contributed by atoms with van der Waals surface area (Å²) in [5, 5.41) is 11.3. The molecule has 1 amide bonds. The molecule has 0 aromatic heterocycles. The Kier molecular flexibility index (Phi) is 5.37. The lowest BCUT2D eigenvalue weighted by Gasteiger charge is -2.18. The van der Waals surface area contributed by atoms with Gasteiger partial charge in [-0.15, -0.1) is 0 Å². The van der Waals surface area contributed by atoms with Gasteiger partial charge in [-0.05, 0) is 12.8 Å². The predicted octanol–water partition coefficient (Wildman–Crippen LogP) is 0.0173. The summed E-state index contributed by atoms with van der Waals surface area (Å²) in [6.45, 7) is 2.53. The molecule has 0 radical (unpaired) electrons. The van der Waals surface area contributed by atoms with Gasteiger partial charge in [0.1, 0.15) is 0 Å². The summed E-state index contributed by atoms with van der Waals surface area (Å²) in [5.74, 6) is -1.41. The van der Waals surface area contributed by atoms with Crippen LogP contribution in [0.1, 0.15) is 19.8 Å². The lowest BCUT2D eigenvalue weighted by atomic mass is 9.99. The third-order valence-corrected chi connectivity index (χ3v) is 2.97. The second kappa shape index (κ2) is 6.56. The summed E-state index contributed by atoms with van der Waals surface area (Å²) >= 11 is 0. The first kappa shape index (κ1) is 13.9. The first-order valence-electron chi connectivity index (χ1n) is 5.75. The number of carboxylic acid groups (broad SMARTS) is 1. The van der Waals surface area contributed by atoms with E-state index in [0.717, 1.165) is 6.42 Å². The first-order chi connectivity index (χ1) is 8.10. The van der Waals surface area contributed by atoms with E-state index in [1.165, 1.54) is 7.11 Å². The van der Waals surface area contributed by atoms with E-state index in [4.69, 9.17) is 14.6 Å². The zero-order valence-electron chi connectivity index (χ0n) is 10.1. The molecule has 1 aliphatic rings. The van der Waals surface area contributed by atoms with Crippen LogP contribution in [-0.4, -0.2) is 49.5 Å². The molecule has 1 heterocycles. The number of rotatable bonds is 6. The van der Waals surface area contributed by atoms with Crippen LogP contribution in [0, 0.1) is 5.92 Å². The molecule has 1 saturated heterocycles.